The molecule has 1 heterocycles. The summed E-state index contributed by atoms with van der Waals surface area (Å²) in [4.78, 5) is 27.9. The molecule has 1 aliphatic heterocycles. The Kier molecular flexibility index (Phi) is 7.77. The molecule has 4 rings (SSSR count). The highest BCUT2D eigenvalue weighted by molar-refractivity contribution is 6.46. The molecule has 0 aromatic heterocycles. The van der Waals surface area contributed by atoms with Crippen LogP contribution in [-0.2, 0) is 16.0 Å². The summed E-state index contributed by atoms with van der Waals surface area (Å²) >= 11 is 0. The molecule has 0 saturated carbocycles. The second-order valence-electron chi connectivity index (χ2n) is 8.44. The molecule has 1 atom stereocenters. The molecule has 1 saturated heterocycles. The van der Waals surface area contributed by atoms with E-state index in [1.165, 1.54) is 29.2 Å². The van der Waals surface area contributed by atoms with Gasteiger partial charge in [0.15, 0.2) is 11.5 Å². The Hall–Kier alpha value is -4.33. The van der Waals surface area contributed by atoms with Crippen molar-refractivity contribution in [2.24, 2.45) is 0 Å². The third-order valence-corrected chi connectivity index (χ3v) is 6.25. The van der Waals surface area contributed by atoms with Crippen LogP contribution in [0.25, 0.3) is 5.76 Å². The number of hydrogen-bond acceptors (Lipinski definition) is 6. The predicted molar refractivity (Wildman–Crippen MR) is 136 cm³/mol. The van der Waals surface area contributed by atoms with Gasteiger partial charge >= 0.3 is 0 Å². The lowest BCUT2D eigenvalue weighted by Crippen LogP contribution is -2.31. The number of ether oxygens (including phenoxy) is 3. The Labute approximate surface area is 214 Å². The zero-order valence-electron chi connectivity index (χ0n) is 20.9. The topological polar surface area (TPSA) is 85.3 Å². The molecule has 0 unspecified atom stereocenters. The minimum Gasteiger partial charge on any atom is -0.507 e. The Balaban J connectivity index is 1.73. The maximum absolute atomic E-state index is 13.5. The van der Waals surface area contributed by atoms with Gasteiger partial charge in [-0.25, -0.2) is 4.39 Å². The van der Waals surface area contributed by atoms with Gasteiger partial charge in [0.25, 0.3) is 11.7 Å². The van der Waals surface area contributed by atoms with Gasteiger partial charge in [0.1, 0.15) is 17.3 Å². The van der Waals surface area contributed by atoms with E-state index in [1.54, 1.807) is 44.6 Å². The van der Waals surface area contributed by atoms with Crippen LogP contribution in [0.3, 0.4) is 0 Å². The van der Waals surface area contributed by atoms with Gasteiger partial charge in [-0.05, 0) is 73.0 Å². The second kappa shape index (κ2) is 11.2. The number of benzene rings is 3. The fourth-order valence-electron chi connectivity index (χ4n) is 4.42. The number of halogens is 1. The normalized spacial score (nSPS) is 16.6. The van der Waals surface area contributed by atoms with Crippen molar-refractivity contribution < 1.29 is 33.3 Å². The van der Waals surface area contributed by atoms with E-state index in [1.807, 2.05) is 19.1 Å². The number of aliphatic hydroxyl groups is 1. The van der Waals surface area contributed by atoms with E-state index in [0.29, 0.717) is 35.8 Å². The van der Waals surface area contributed by atoms with Crippen LogP contribution in [0, 0.1) is 5.82 Å². The number of hydrogen-bond donors (Lipinski definition) is 1. The van der Waals surface area contributed by atoms with Gasteiger partial charge in [-0.3, -0.25) is 9.59 Å². The number of aliphatic hydroxyl groups excluding tert-OH is 1. The van der Waals surface area contributed by atoms with E-state index in [4.69, 9.17) is 14.2 Å². The van der Waals surface area contributed by atoms with E-state index in [2.05, 4.69) is 0 Å². The summed E-state index contributed by atoms with van der Waals surface area (Å²) in [5.74, 6) is -0.564. The molecule has 37 heavy (non-hydrogen) atoms. The molecular formula is C29H28FNO6. The maximum atomic E-state index is 13.5. The molecule has 8 heteroatoms. The molecule has 1 aliphatic rings. The zero-order valence-corrected chi connectivity index (χ0v) is 20.9. The first-order valence-electron chi connectivity index (χ1n) is 11.9. The van der Waals surface area contributed by atoms with Crippen LogP contribution in [0.4, 0.5) is 4.39 Å². The standard InChI is InChI=1S/C29H28FNO6/c1-4-37-22-12-8-19(9-13-22)26-25(27(32)20-6-10-21(30)11-7-20)28(33)29(34)31(26)16-15-18-5-14-23(35-2)24(17-18)36-3/h5-14,17,26,32H,4,15-16H2,1-3H3/t26-/m0/s1. The third kappa shape index (κ3) is 5.28. The zero-order chi connectivity index (χ0) is 26.5. The monoisotopic (exact) mass is 505 g/mol. The van der Waals surface area contributed by atoms with Crippen LogP contribution < -0.4 is 14.2 Å². The summed E-state index contributed by atoms with van der Waals surface area (Å²) in [6.07, 6.45) is 0.428. The first kappa shape index (κ1) is 25.8. The summed E-state index contributed by atoms with van der Waals surface area (Å²) in [5.41, 5.74) is 1.71. The molecule has 1 amide bonds. The van der Waals surface area contributed by atoms with E-state index < -0.39 is 23.5 Å². The quantitative estimate of drug-likeness (QED) is 0.253. The van der Waals surface area contributed by atoms with Gasteiger partial charge in [-0.1, -0.05) is 18.2 Å². The fourth-order valence-corrected chi connectivity index (χ4v) is 4.42. The third-order valence-electron chi connectivity index (χ3n) is 6.25. The van der Waals surface area contributed by atoms with Crippen LogP contribution in [0.1, 0.15) is 29.7 Å². The minimum atomic E-state index is -0.833. The van der Waals surface area contributed by atoms with E-state index in [-0.39, 0.29) is 23.4 Å². The van der Waals surface area contributed by atoms with Crippen molar-refractivity contribution in [2.45, 2.75) is 19.4 Å². The number of rotatable bonds is 9. The maximum Gasteiger partial charge on any atom is 0.295 e. The lowest BCUT2D eigenvalue weighted by Gasteiger charge is -2.25. The van der Waals surface area contributed by atoms with E-state index >= 15 is 0 Å². The van der Waals surface area contributed by atoms with Crippen LogP contribution in [-0.4, -0.2) is 49.1 Å². The number of carbonyl (C=O) groups excluding carboxylic acids is 2. The smallest absolute Gasteiger partial charge is 0.295 e. The molecule has 1 fully saturated rings. The average Bonchev–Trinajstić information content (AvgIpc) is 3.17. The largest absolute Gasteiger partial charge is 0.507 e. The molecule has 0 bridgehead atoms. The Morgan fingerprint density at radius 2 is 1.62 bits per heavy atom. The minimum absolute atomic E-state index is 0.0481. The lowest BCUT2D eigenvalue weighted by atomic mass is 9.95. The molecule has 3 aromatic rings. The van der Waals surface area contributed by atoms with Gasteiger partial charge in [0.05, 0.1) is 32.4 Å². The molecule has 0 radical (unpaired) electrons. The fraction of sp³-hybridized carbons (Fsp3) is 0.241. The van der Waals surface area contributed by atoms with Crippen molar-refractivity contribution in [3.05, 3.63) is 94.8 Å². The van der Waals surface area contributed by atoms with Gasteiger partial charge in [0, 0.05) is 12.1 Å². The Morgan fingerprint density at radius 3 is 2.24 bits per heavy atom. The second-order valence-corrected chi connectivity index (χ2v) is 8.44. The van der Waals surface area contributed by atoms with Crippen LogP contribution in [0.2, 0.25) is 0 Å². The van der Waals surface area contributed by atoms with Crippen molar-refractivity contribution in [1.29, 1.82) is 0 Å². The lowest BCUT2D eigenvalue weighted by molar-refractivity contribution is -0.139. The van der Waals surface area contributed by atoms with Gasteiger partial charge < -0.3 is 24.2 Å². The highest BCUT2D eigenvalue weighted by atomic mass is 19.1. The molecule has 7 nitrogen and oxygen atoms in total. The van der Waals surface area contributed by atoms with Crippen molar-refractivity contribution in [1.82, 2.24) is 4.90 Å². The molecule has 192 valence electrons. The van der Waals surface area contributed by atoms with Crippen molar-refractivity contribution in [2.75, 3.05) is 27.4 Å². The number of Topliss-reactive ketones (excluding diaryl/α,β-unsaturated/α-hetero) is 1. The molecule has 3 aromatic carbocycles. The summed E-state index contributed by atoms with van der Waals surface area (Å²) in [6.45, 7) is 2.57. The van der Waals surface area contributed by atoms with Gasteiger partial charge in [0.2, 0.25) is 0 Å². The van der Waals surface area contributed by atoms with E-state index in [0.717, 1.165) is 5.56 Å². The highest BCUT2D eigenvalue weighted by Crippen LogP contribution is 2.40. The molecule has 0 spiro atoms. The van der Waals surface area contributed by atoms with Gasteiger partial charge in [-0.15, -0.1) is 0 Å². The number of nitrogens with zero attached hydrogens (tertiary/aromatic N) is 1. The number of ketones is 1. The average molecular weight is 506 g/mol. The highest BCUT2D eigenvalue weighted by Gasteiger charge is 2.45. The number of carbonyl (C=O) groups is 2. The van der Waals surface area contributed by atoms with Crippen LogP contribution in [0.15, 0.2) is 72.3 Å². The summed E-state index contributed by atoms with van der Waals surface area (Å²) in [7, 11) is 3.09. The SMILES string of the molecule is CCOc1ccc([C@H]2C(=C(O)c3ccc(F)cc3)C(=O)C(=O)N2CCc2ccc(OC)c(OC)c2)cc1. The molecule has 1 N–H and O–H groups in total. The van der Waals surface area contributed by atoms with Crippen molar-refractivity contribution in [3.8, 4) is 17.2 Å². The number of amides is 1. The van der Waals surface area contributed by atoms with Crippen molar-refractivity contribution in [3.63, 3.8) is 0 Å². The summed E-state index contributed by atoms with van der Waals surface area (Å²) < 4.78 is 29.7. The molecular weight excluding hydrogens is 477 g/mol. The van der Waals surface area contributed by atoms with Crippen LogP contribution in [0.5, 0.6) is 17.2 Å². The number of methoxy groups -OCH3 is 2. The molecule has 0 aliphatic carbocycles. The predicted octanol–water partition coefficient (Wildman–Crippen LogP) is 4.91. The summed E-state index contributed by atoms with van der Waals surface area (Å²) in [6, 6.07) is 16.8. The first-order valence-corrected chi connectivity index (χ1v) is 11.9. The van der Waals surface area contributed by atoms with E-state index in [9.17, 15) is 19.1 Å². The summed E-state index contributed by atoms with van der Waals surface area (Å²) in [5, 5.41) is 11.1. The Bertz CT molecular complexity index is 1320. The Morgan fingerprint density at radius 1 is 0.946 bits per heavy atom. The first-order chi connectivity index (χ1) is 17.9. The van der Waals surface area contributed by atoms with Crippen molar-refractivity contribution >= 4 is 17.4 Å². The van der Waals surface area contributed by atoms with Crippen LogP contribution >= 0.6 is 0 Å². The van der Waals surface area contributed by atoms with Gasteiger partial charge in [-0.2, -0.15) is 0 Å². The number of likely N-dealkylation sites (tertiary alicyclic amines) is 1.